The number of carbonyl (C=O) groups is 1. The molecule has 0 aromatic heterocycles. The zero-order valence-electron chi connectivity index (χ0n) is 14.8. The Morgan fingerprint density at radius 2 is 1.88 bits per heavy atom. The van der Waals surface area contributed by atoms with Crippen LogP contribution in [0.1, 0.15) is 29.5 Å². The monoisotopic (exact) mass is 349 g/mol. The van der Waals surface area contributed by atoms with Crippen molar-refractivity contribution in [2.45, 2.75) is 25.9 Å². The molecular weight excluding hydrogens is 326 g/mol. The van der Waals surface area contributed by atoms with Crippen molar-refractivity contribution >= 4 is 5.91 Å². The fraction of sp³-hybridized carbons (Fsp3) is 0.333. The van der Waals surface area contributed by atoms with Crippen LogP contribution in [0.2, 0.25) is 0 Å². The zero-order chi connectivity index (χ0) is 18.2. The van der Waals surface area contributed by atoms with Gasteiger partial charge in [0.05, 0.1) is 5.56 Å². The number of carbonyl (C=O) groups excluding carboxylic acids is 1. The zero-order valence-corrected chi connectivity index (χ0v) is 14.8. The van der Waals surface area contributed by atoms with Gasteiger partial charge >= 0.3 is 0 Å². The summed E-state index contributed by atoms with van der Waals surface area (Å²) in [7, 11) is 0. The van der Waals surface area contributed by atoms with Gasteiger partial charge in [0.1, 0.15) is 11.8 Å². The van der Waals surface area contributed by atoms with Crippen LogP contribution < -0.4 is 10.1 Å². The van der Waals surface area contributed by atoms with E-state index in [0.29, 0.717) is 17.9 Å². The molecule has 1 heterocycles. The number of rotatable bonds is 7. The van der Waals surface area contributed by atoms with Crippen LogP contribution in [0.25, 0.3) is 0 Å². The van der Waals surface area contributed by atoms with Crippen molar-refractivity contribution in [3.63, 3.8) is 0 Å². The number of ether oxygens (including phenoxy) is 1. The SMILES string of the molecule is N#Cc1ccccc1OCC(=O)NCc1cccc(CN2CCCC2)c1. The normalized spacial score (nSPS) is 14.0. The molecule has 1 fully saturated rings. The van der Waals surface area contributed by atoms with Crippen LogP contribution in [0, 0.1) is 11.3 Å². The topological polar surface area (TPSA) is 65.4 Å². The van der Waals surface area contributed by atoms with Crippen molar-refractivity contribution in [3.8, 4) is 11.8 Å². The molecule has 134 valence electrons. The highest BCUT2D eigenvalue weighted by Gasteiger charge is 2.12. The van der Waals surface area contributed by atoms with Gasteiger partial charge in [0.2, 0.25) is 0 Å². The number of amides is 1. The molecule has 1 N–H and O–H groups in total. The number of para-hydroxylation sites is 1. The second kappa shape index (κ2) is 9.02. The maximum atomic E-state index is 12.0. The van der Waals surface area contributed by atoms with Gasteiger partial charge in [-0.05, 0) is 49.2 Å². The summed E-state index contributed by atoms with van der Waals surface area (Å²) in [6, 6.07) is 17.3. The first-order chi connectivity index (χ1) is 12.7. The maximum absolute atomic E-state index is 12.0. The number of hydrogen-bond acceptors (Lipinski definition) is 4. The van der Waals surface area contributed by atoms with E-state index in [1.54, 1.807) is 24.3 Å². The second-order valence-corrected chi connectivity index (χ2v) is 6.48. The van der Waals surface area contributed by atoms with Gasteiger partial charge in [0.15, 0.2) is 6.61 Å². The average molecular weight is 349 g/mol. The molecule has 0 spiro atoms. The minimum Gasteiger partial charge on any atom is -0.482 e. The van der Waals surface area contributed by atoms with Gasteiger partial charge in [-0.3, -0.25) is 9.69 Å². The van der Waals surface area contributed by atoms with Gasteiger partial charge in [-0.25, -0.2) is 0 Å². The first-order valence-electron chi connectivity index (χ1n) is 8.93. The molecule has 0 atom stereocenters. The van der Waals surface area contributed by atoms with Gasteiger partial charge in [0, 0.05) is 13.1 Å². The second-order valence-electron chi connectivity index (χ2n) is 6.48. The number of benzene rings is 2. The molecule has 1 aliphatic rings. The first-order valence-corrected chi connectivity index (χ1v) is 8.93. The quantitative estimate of drug-likeness (QED) is 0.835. The maximum Gasteiger partial charge on any atom is 0.258 e. The summed E-state index contributed by atoms with van der Waals surface area (Å²) in [4.78, 5) is 14.5. The van der Waals surface area contributed by atoms with Crippen LogP contribution >= 0.6 is 0 Å². The average Bonchev–Trinajstić information content (AvgIpc) is 3.18. The van der Waals surface area contributed by atoms with E-state index in [2.05, 4.69) is 28.4 Å². The Morgan fingerprint density at radius 1 is 1.12 bits per heavy atom. The fourth-order valence-corrected chi connectivity index (χ4v) is 3.12. The molecule has 2 aromatic rings. The highest BCUT2D eigenvalue weighted by atomic mass is 16.5. The van der Waals surface area contributed by atoms with Crippen LogP contribution in [0.3, 0.4) is 0 Å². The van der Waals surface area contributed by atoms with Crippen molar-refractivity contribution in [1.82, 2.24) is 10.2 Å². The van der Waals surface area contributed by atoms with Crippen molar-refractivity contribution in [3.05, 3.63) is 65.2 Å². The molecule has 0 aliphatic carbocycles. The lowest BCUT2D eigenvalue weighted by atomic mass is 10.1. The number of nitrogens with one attached hydrogen (secondary N) is 1. The predicted octanol–water partition coefficient (Wildman–Crippen LogP) is 2.85. The third-order valence-electron chi connectivity index (χ3n) is 4.45. The van der Waals surface area contributed by atoms with E-state index < -0.39 is 0 Å². The molecule has 5 heteroatoms. The minimum atomic E-state index is -0.206. The summed E-state index contributed by atoms with van der Waals surface area (Å²) < 4.78 is 5.45. The molecule has 1 amide bonds. The summed E-state index contributed by atoms with van der Waals surface area (Å²) in [5.41, 5.74) is 2.78. The van der Waals surface area contributed by atoms with Gasteiger partial charge in [-0.1, -0.05) is 36.4 Å². The summed E-state index contributed by atoms with van der Waals surface area (Å²) >= 11 is 0. The van der Waals surface area contributed by atoms with Gasteiger partial charge in [0.25, 0.3) is 5.91 Å². The molecule has 0 radical (unpaired) electrons. The van der Waals surface area contributed by atoms with E-state index in [9.17, 15) is 4.79 Å². The Balaban J connectivity index is 1.47. The van der Waals surface area contributed by atoms with E-state index in [4.69, 9.17) is 10.00 Å². The van der Waals surface area contributed by atoms with Crippen molar-refractivity contribution in [2.75, 3.05) is 19.7 Å². The Kier molecular flexibility index (Phi) is 6.24. The molecule has 2 aromatic carbocycles. The van der Waals surface area contributed by atoms with Gasteiger partial charge in [-0.15, -0.1) is 0 Å². The third-order valence-corrected chi connectivity index (χ3v) is 4.45. The third kappa shape index (κ3) is 5.08. The smallest absolute Gasteiger partial charge is 0.258 e. The number of nitrogens with zero attached hydrogens (tertiary/aromatic N) is 2. The summed E-state index contributed by atoms with van der Waals surface area (Å²) in [5, 5.41) is 11.9. The van der Waals surface area contributed by atoms with Crippen LogP contribution in [0.15, 0.2) is 48.5 Å². The first kappa shape index (κ1) is 18.0. The molecule has 26 heavy (non-hydrogen) atoms. The minimum absolute atomic E-state index is 0.105. The van der Waals surface area contributed by atoms with E-state index >= 15 is 0 Å². The highest BCUT2D eigenvalue weighted by Crippen LogP contribution is 2.16. The lowest BCUT2D eigenvalue weighted by Gasteiger charge is -2.15. The lowest BCUT2D eigenvalue weighted by Crippen LogP contribution is -2.28. The van der Waals surface area contributed by atoms with Crippen LogP contribution in [0.5, 0.6) is 5.75 Å². The van der Waals surface area contributed by atoms with Gasteiger partial charge < -0.3 is 10.1 Å². The van der Waals surface area contributed by atoms with Crippen molar-refractivity contribution in [1.29, 1.82) is 5.26 Å². The fourth-order valence-electron chi connectivity index (χ4n) is 3.12. The van der Waals surface area contributed by atoms with Crippen molar-refractivity contribution in [2.24, 2.45) is 0 Å². The predicted molar refractivity (Wildman–Crippen MR) is 99.5 cm³/mol. The van der Waals surface area contributed by atoms with E-state index in [1.165, 1.54) is 31.5 Å². The molecule has 5 nitrogen and oxygen atoms in total. The van der Waals surface area contributed by atoms with Crippen LogP contribution in [-0.2, 0) is 17.9 Å². The molecular formula is C21H23N3O2. The summed E-state index contributed by atoms with van der Waals surface area (Å²) in [6.45, 7) is 3.67. The van der Waals surface area contributed by atoms with E-state index in [1.807, 2.05) is 12.1 Å². The molecule has 0 saturated carbocycles. The molecule has 3 rings (SSSR count). The van der Waals surface area contributed by atoms with Crippen molar-refractivity contribution < 1.29 is 9.53 Å². The molecule has 1 aliphatic heterocycles. The van der Waals surface area contributed by atoms with Crippen LogP contribution in [-0.4, -0.2) is 30.5 Å². The van der Waals surface area contributed by atoms with E-state index in [0.717, 1.165) is 12.1 Å². The molecule has 1 saturated heterocycles. The van der Waals surface area contributed by atoms with Crippen LogP contribution in [0.4, 0.5) is 0 Å². The Bertz CT molecular complexity index is 792. The standard InChI is InChI=1S/C21H23N3O2/c22-13-19-8-1-2-9-20(19)26-16-21(25)23-14-17-6-5-7-18(12-17)15-24-10-3-4-11-24/h1-2,5-9,12H,3-4,10-11,14-16H2,(H,23,25). The number of nitriles is 1. The molecule has 0 bridgehead atoms. The van der Waals surface area contributed by atoms with E-state index in [-0.39, 0.29) is 12.5 Å². The Labute approximate surface area is 154 Å². The summed E-state index contributed by atoms with van der Waals surface area (Å²) in [5.74, 6) is 0.223. The summed E-state index contributed by atoms with van der Waals surface area (Å²) in [6.07, 6.45) is 2.56. The Morgan fingerprint density at radius 3 is 2.69 bits per heavy atom. The lowest BCUT2D eigenvalue weighted by molar-refractivity contribution is -0.123. The Hall–Kier alpha value is -2.84. The largest absolute Gasteiger partial charge is 0.482 e. The highest BCUT2D eigenvalue weighted by molar-refractivity contribution is 5.77. The molecule has 0 unspecified atom stereocenters. The van der Waals surface area contributed by atoms with Gasteiger partial charge in [-0.2, -0.15) is 5.26 Å². The number of hydrogen-bond donors (Lipinski definition) is 1. The number of likely N-dealkylation sites (tertiary alicyclic amines) is 1.